The predicted molar refractivity (Wildman–Crippen MR) is 124 cm³/mol. The van der Waals surface area contributed by atoms with Crippen LogP contribution in [0.1, 0.15) is 25.8 Å². The Morgan fingerprint density at radius 1 is 0.964 bits per heavy atom. The Hall–Kier alpha value is -1.43. The summed E-state index contributed by atoms with van der Waals surface area (Å²) in [7, 11) is 0. The van der Waals surface area contributed by atoms with Gasteiger partial charge in [-0.05, 0) is 59.3 Å². The molecule has 2 aromatic carbocycles. The number of thiocarbonyl (C=S) groups is 1. The van der Waals surface area contributed by atoms with Crippen molar-refractivity contribution in [2.75, 3.05) is 31.5 Å². The van der Waals surface area contributed by atoms with E-state index in [1.54, 1.807) is 0 Å². The molecule has 2 bridgehead atoms. The van der Waals surface area contributed by atoms with Gasteiger partial charge in [0.1, 0.15) is 0 Å². The van der Waals surface area contributed by atoms with Crippen LogP contribution < -0.4 is 5.32 Å². The van der Waals surface area contributed by atoms with Crippen molar-refractivity contribution < 1.29 is 0 Å². The van der Waals surface area contributed by atoms with E-state index in [2.05, 4.69) is 81.3 Å². The molecule has 0 spiro atoms. The fourth-order valence-corrected chi connectivity index (χ4v) is 5.81. The summed E-state index contributed by atoms with van der Waals surface area (Å²) in [5.41, 5.74) is 2.95. The molecule has 2 aromatic rings. The topological polar surface area (TPSA) is 18.5 Å². The van der Waals surface area contributed by atoms with Gasteiger partial charge in [-0.15, -0.1) is 0 Å². The van der Waals surface area contributed by atoms with Gasteiger partial charge in [0.25, 0.3) is 0 Å². The minimum Gasteiger partial charge on any atom is -0.348 e. The highest BCUT2D eigenvalue weighted by atomic mass is 79.9. The second-order valence-corrected chi connectivity index (χ2v) is 10.5. The van der Waals surface area contributed by atoms with Crippen molar-refractivity contribution >= 4 is 38.9 Å². The lowest BCUT2D eigenvalue weighted by molar-refractivity contribution is -0.0553. The van der Waals surface area contributed by atoms with E-state index in [9.17, 15) is 0 Å². The Bertz CT molecular complexity index is 821. The van der Waals surface area contributed by atoms with Gasteiger partial charge >= 0.3 is 0 Å². The molecule has 5 heteroatoms. The molecule has 0 amide bonds. The van der Waals surface area contributed by atoms with Crippen molar-refractivity contribution in [3.63, 3.8) is 0 Å². The second kappa shape index (κ2) is 7.77. The van der Waals surface area contributed by atoms with Gasteiger partial charge < -0.3 is 10.2 Å². The molecular weight excluding hydrogens is 430 g/mol. The normalized spacial score (nSPS) is 27.5. The zero-order valence-electron chi connectivity index (χ0n) is 16.6. The summed E-state index contributed by atoms with van der Waals surface area (Å²) in [6.45, 7) is 10.1. The molecule has 2 aliphatic heterocycles. The van der Waals surface area contributed by atoms with Gasteiger partial charge in [-0.25, -0.2) is 0 Å². The maximum atomic E-state index is 5.78. The molecule has 2 saturated heterocycles. The quantitative estimate of drug-likeness (QED) is 0.623. The maximum Gasteiger partial charge on any atom is 0.173 e. The van der Waals surface area contributed by atoms with E-state index >= 15 is 0 Å². The fourth-order valence-electron chi connectivity index (χ4n) is 5.29. The number of nitrogens with zero attached hydrogens (tertiary/aromatic N) is 2. The Kier molecular flexibility index (Phi) is 5.51. The largest absolute Gasteiger partial charge is 0.348 e. The number of para-hydroxylation sites is 1. The zero-order valence-corrected chi connectivity index (χ0v) is 19.0. The number of hydrogen-bond donors (Lipinski definition) is 1. The summed E-state index contributed by atoms with van der Waals surface area (Å²) in [5.74, 6) is 0. The molecule has 4 rings (SSSR count). The van der Waals surface area contributed by atoms with Crippen molar-refractivity contribution in [1.29, 1.82) is 0 Å². The molecule has 3 nitrogen and oxygen atoms in total. The fraction of sp³-hybridized carbons (Fsp3) is 0.435. The number of benzene rings is 2. The molecule has 0 aromatic heterocycles. The average Bonchev–Trinajstić information content (AvgIpc) is 2.62. The first-order valence-corrected chi connectivity index (χ1v) is 11.1. The first-order valence-electron chi connectivity index (χ1n) is 9.90. The van der Waals surface area contributed by atoms with Gasteiger partial charge in [0.05, 0.1) is 0 Å². The van der Waals surface area contributed by atoms with Crippen LogP contribution in [0.15, 0.2) is 59.1 Å². The number of rotatable bonds is 3. The van der Waals surface area contributed by atoms with Gasteiger partial charge in [0.2, 0.25) is 0 Å². The van der Waals surface area contributed by atoms with Gasteiger partial charge in [0.15, 0.2) is 5.11 Å². The van der Waals surface area contributed by atoms with Gasteiger partial charge in [-0.3, -0.25) is 4.90 Å². The number of anilines is 1. The van der Waals surface area contributed by atoms with Gasteiger partial charge in [-0.1, -0.05) is 60.1 Å². The van der Waals surface area contributed by atoms with E-state index in [0.717, 1.165) is 48.0 Å². The number of hydrogen-bond acceptors (Lipinski definition) is 2. The van der Waals surface area contributed by atoms with Crippen molar-refractivity contribution in [2.45, 2.75) is 26.8 Å². The first kappa shape index (κ1) is 19.9. The summed E-state index contributed by atoms with van der Waals surface area (Å²) in [5, 5.41) is 4.28. The van der Waals surface area contributed by atoms with E-state index < -0.39 is 0 Å². The summed E-state index contributed by atoms with van der Waals surface area (Å²) >= 11 is 9.31. The third-order valence-electron chi connectivity index (χ3n) is 5.84. The number of halogens is 1. The van der Waals surface area contributed by atoms with Crippen LogP contribution in [0.4, 0.5) is 5.69 Å². The van der Waals surface area contributed by atoms with Gasteiger partial charge in [0, 0.05) is 42.9 Å². The highest BCUT2D eigenvalue weighted by molar-refractivity contribution is 9.10. The van der Waals surface area contributed by atoms with E-state index in [1.165, 1.54) is 12.0 Å². The molecule has 2 aliphatic rings. The zero-order chi connectivity index (χ0) is 19.8. The standard InChI is InChI=1S/C23H28BrN3S/c1-22-13-23(2,15-26(14-22)12-18-8-10-19(24)11-9-18)17-27(16-22)21(28)25-20-6-4-3-5-7-20/h3-11H,12-17H2,1-2H3,(H,25,28). The number of piperidine rings is 2. The number of fused-ring (bicyclic) bond motifs is 2. The van der Waals surface area contributed by atoms with Crippen LogP contribution in [0, 0.1) is 10.8 Å². The van der Waals surface area contributed by atoms with Crippen molar-refractivity contribution in [2.24, 2.45) is 10.8 Å². The minimum atomic E-state index is 0.253. The van der Waals surface area contributed by atoms with Crippen LogP contribution in [0.5, 0.6) is 0 Å². The number of likely N-dealkylation sites (tertiary alicyclic amines) is 2. The molecule has 0 aliphatic carbocycles. The second-order valence-electron chi connectivity index (χ2n) is 9.22. The SMILES string of the molecule is CC12CN(Cc3ccc(Br)cc3)CC(C)(CN(C(=S)Nc3ccccc3)C1)C2. The van der Waals surface area contributed by atoms with E-state index in [4.69, 9.17) is 12.2 Å². The molecule has 148 valence electrons. The van der Waals surface area contributed by atoms with Crippen LogP contribution in [0.2, 0.25) is 0 Å². The molecule has 2 atom stereocenters. The molecule has 1 N–H and O–H groups in total. The Balaban J connectivity index is 1.45. The van der Waals surface area contributed by atoms with Crippen molar-refractivity contribution in [1.82, 2.24) is 9.80 Å². The molecule has 2 unspecified atom stereocenters. The minimum absolute atomic E-state index is 0.253. The monoisotopic (exact) mass is 457 g/mol. The summed E-state index contributed by atoms with van der Waals surface area (Å²) < 4.78 is 1.14. The Morgan fingerprint density at radius 2 is 1.57 bits per heavy atom. The highest BCUT2D eigenvalue weighted by Crippen LogP contribution is 2.45. The summed E-state index contributed by atoms with van der Waals surface area (Å²) in [6, 6.07) is 19.0. The molecule has 2 fully saturated rings. The molecule has 2 heterocycles. The Morgan fingerprint density at radius 3 is 2.18 bits per heavy atom. The lowest BCUT2D eigenvalue weighted by atomic mass is 9.65. The van der Waals surface area contributed by atoms with E-state index in [0.29, 0.717) is 0 Å². The lowest BCUT2D eigenvalue weighted by Gasteiger charge is -2.57. The lowest BCUT2D eigenvalue weighted by Crippen LogP contribution is -2.63. The van der Waals surface area contributed by atoms with Crippen LogP contribution in [0.25, 0.3) is 0 Å². The van der Waals surface area contributed by atoms with Gasteiger partial charge in [-0.2, -0.15) is 0 Å². The molecule has 0 radical (unpaired) electrons. The van der Waals surface area contributed by atoms with Crippen LogP contribution in [0.3, 0.4) is 0 Å². The van der Waals surface area contributed by atoms with E-state index in [1.807, 2.05) is 18.2 Å². The maximum absolute atomic E-state index is 5.78. The van der Waals surface area contributed by atoms with Crippen LogP contribution in [-0.4, -0.2) is 41.1 Å². The average molecular weight is 458 g/mol. The van der Waals surface area contributed by atoms with Crippen molar-refractivity contribution in [3.05, 3.63) is 64.6 Å². The van der Waals surface area contributed by atoms with Crippen molar-refractivity contribution in [3.8, 4) is 0 Å². The molecule has 28 heavy (non-hydrogen) atoms. The first-order chi connectivity index (χ1) is 13.3. The third-order valence-corrected chi connectivity index (χ3v) is 6.73. The van der Waals surface area contributed by atoms with E-state index in [-0.39, 0.29) is 10.8 Å². The summed E-state index contributed by atoms with van der Waals surface area (Å²) in [6.07, 6.45) is 1.27. The predicted octanol–water partition coefficient (Wildman–Crippen LogP) is 5.38. The van der Waals surface area contributed by atoms with Crippen LogP contribution in [-0.2, 0) is 6.54 Å². The Labute approximate surface area is 182 Å². The number of nitrogens with one attached hydrogen (secondary N) is 1. The molecular formula is C23H28BrN3S. The smallest absolute Gasteiger partial charge is 0.173 e. The molecule has 0 saturated carbocycles. The third kappa shape index (κ3) is 4.58. The summed E-state index contributed by atoms with van der Waals surface area (Å²) in [4.78, 5) is 5.03. The van der Waals surface area contributed by atoms with Crippen LogP contribution >= 0.6 is 28.1 Å². The highest BCUT2D eigenvalue weighted by Gasteiger charge is 2.48.